The van der Waals surface area contributed by atoms with Crippen LogP contribution < -0.4 is 5.32 Å². The lowest BCUT2D eigenvalue weighted by Crippen LogP contribution is -2.39. The molecule has 7 nitrogen and oxygen atoms in total. The van der Waals surface area contributed by atoms with Gasteiger partial charge in [0.1, 0.15) is 0 Å². The Morgan fingerprint density at radius 1 is 1.04 bits per heavy atom. The van der Waals surface area contributed by atoms with Gasteiger partial charge in [0.2, 0.25) is 17.8 Å². The van der Waals surface area contributed by atoms with Crippen molar-refractivity contribution in [1.82, 2.24) is 24.8 Å². The van der Waals surface area contributed by atoms with E-state index in [4.69, 9.17) is 0 Å². The first-order chi connectivity index (χ1) is 13.3. The summed E-state index contributed by atoms with van der Waals surface area (Å²) < 4.78 is 0. The molecule has 1 saturated carbocycles. The van der Waals surface area contributed by atoms with Crippen LogP contribution in [0.15, 0.2) is 30.7 Å². The average molecular weight is 366 g/mol. The van der Waals surface area contributed by atoms with Crippen molar-refractivity contribution in [3.05, 3.63) is 36.4 Å². The molecule has 0 bridgehead atoms. The quantitative estimate of drug-likeness (QED) is 0.874. The highest BCUT2D eigenvalue weighted by Gasteiger charge is 2.28. The van der Waals surface area contributed by atoms with Crippen LogP contribution in [-0.2, 0) is 4.79 Å². The number of hydrogen-bond donors (Lipinski definition) is 1. The van der Waals surface area contributed by atoms with Crippen molar-refractivity contribution >= 4 is 17.8 Å². The monoisotopic (exact) mass is 366 g/mol. The van der Waals surface area contributed by atoms with Crippen LogP contribution in [0, 0.1) is 5.92 Å². The van der Waals surface area contributed by atoms with Gasteiger partial charge in [0.25, 0.3) is 0 Å². The first-order valence-electron chi connectivity index (χ1n) is 9.92. The number of hydrogen-bond acceptors (Lipinski definition) is 6. The molecule has 27 heavy (non-hydrogen) atoms. The maximum atomic E-state index is 12.7. The Hall–Kier alpha value is -2.57. The van der Waals surface area contributed by atoms with E-state index in [1.807, 2.05) is 11.0 Å². The minimum atomic E-state index is 0.256. The fraction of sp³-hybridized carbons (Fsp3) is 0.550. The molecule has 3 heterocycles. The summed E-state index contributed by atoms with van der Waals surface area (Å²) in [5.41, 5.74) is 0.974. The summed E-state index contributed by atoms with van der Waals surface area (Å²) in [5, 5.41) is 3.04. The van der Waals surface area contributed by atoms with Gasteiger partial charge in [0, 0.05) is 44.0 Å². The van der Waals surface area contributed by atoms with E-state index >= 15 is 0 Å². The molecule has 2 aromatic rings. The highest BCUT2D eigenvalue weighted by Crippen LogP contribution is 2.30. The van der Waals surface area contributed by atoms with Crippen molar-refractivity contribution in [2.45, 2.75) is 50.9 Å². The van der Waals surface area contributed by atoms with Crippen molar-refractivity contribution in [2.24, 2.45) is 5.92 Å². The predicted octanol–water partition coefficient (Wildman–Crippen LogP) is 3.30. The molecule has 2 aliphatic rings. The molecule has 2 aromatic heterocycles. The highest BCUT2D eigenvalue weighted by molar-refractivity contribution is 5.76. The Morgan fingerprint density at radius 2 is 1.81 bits per heavy atom. The van der Waals surface area contributed by atoms with Crippen LogP contribution in [0.3, 0.4) is 0 Å². The number of nitrogens with one attached hydrogen (secondary N) is 1. The minimum Gasteiger partial charge on any atom is -0.342 e. The molecular weight excluding hydrogens is 340 g/mol. The maximum Gasteiger partial charge on any atom is 0.229 e. The molecule has 0 radical (unpaired) electrons. The number of carbonyl (C=O) groups is 1. The molecule has 1 N–H and O–H groups in total. The zero-order chi connectivity index (χ0) is 18.5. The summed E-state index contributed by atoms with van der Waals surface area (Å²) in [6.45, 7) is 1.62. The van der Waals surface area contributed by atoms with Gasteiger partial charge in [-0.3, -0.25) is 10.1 Å². The van der Waals surface area contributed by atoms with Crippen molar-refractivity contribution in [1.29, 1.82) is 0 Å². The Kier molecular flexibility index (Phi) is 5.55. The van der Waals surface area contributed by atoms with Crippen LogP contribution in [0.25, 0.3) is 0 Å². The van der Waals surface area contributed by atoms with E-state index in [1.165, 1.54) is 25.7 Å². The number of carbonyl (C=O) groups excluding carboxylic acids is 1. The molecule has 1 aliphatic heterocycles. The Bertz CT molecular complexity index is 762. The van der Waals surface area contributed by atoms with Crippen molar-refractivity contribution < 1.29 is 4.79 Å². The van der Waals surface area contributed by atoms with Crippen LogP contribution in [0.2, 0.25) is 0 Å². The van der Waals surface area contributed by atoms with E-state index in [0.29, 0.717) is 30.1 Å². The van der Waals surface area contributed by atoms with Crippen LogP contribution in [0.4, 0.5) is 11.9 Å². The predicted molar refractivity (Wildman–Crippen MR) is 102 cm³/mol. The Balaban J connectivity index is 1.40. The smallest absolute Gasteiger partial charge is 0.229 e. The Morgan fingerprint density at radius 3 is 2.63 bits per heavy atom. The van der Waals surface area contributed by atoms with Gasteiger partial charge in [0.05, 0.1) is 5.69 Å². The molecule has 0 aromatic carbocycles. The minimum absolute atomic E-state index is 0.256. The van der Waals surface area contributed by atoms with Crippen molar-refractivity contribution in [3.63, 3.8) is 0 Å². The second kappa shape index (κ2) is 8.41. The maximum absolute atomic E-state index is 12.7. The third-order valence-corrected chi connectivity index (χ3v) is 5.60. The van der Waals surface area contributed by atoms with Gasteiger partial charge >= 0.3 is 0 Å². The molecule has 1 amide bonds. The Labute approximate surface area is 159 Å². The lowest BCUT2D eigenvalue weighted by molar-refractivity contribution is -0.133. The van der Waals surface area contributed by atoms with E-state index in [-0.39, 0.29) is 5.92 Å². The highest BCUT2D eigenvalue weighted by atomic mass is 16.2. The van der Waals surface area contributed by atoms with E-state index in [0.717, 1.165) is 31.6 Å². The summed E-state index contributed by atoms with van der Waals surface area (Å²) in [4.78, 5) is 32.0. The summed E-state index contributed by atoms with van der Waals surface area (Å²) in [6, 6.07) is 3.72. The third-order valence-electron chi connectivity index (χ3n) is 5.60. The lowest BCUT2D eigenvalue weighted by Gasteiger charge is -2.33. The van der Waals surface area contributed by atoms with Gasteiger partial charge < -0.3 is 4.90 Å². The largest absolute Gasteiger partial charge is 0.342 e. The number of likely N-dealkylation sites (tertiary alicyclic amines) is 1. The van der Waals surface area contributed by atoms with E-state index in [2.05, 4.69) is 25.3 Å². The third kappa shape index (κ3) is 4.59. The van der Waals surface area contributed by atoms with E-state index in [1.54, 1.807) is 24.7 Å². The standard InChI is InChI=1S/C20H26N6O/c27-18(13-15-5-1-2-6-15)26-12-3-7-16(14-26)17-8-11-23-20(24-17)25-19-21-9-4-10-22-19/h4,8-11,15-16H,1-3,5-7,12-14H2,(H,21,22,23,24,25)/t16-/m1/s1. The van der Waals surface area contributed by atoms with Gasteiger partial charge in [-0.05, 0) is 43.7 Å². The summed E-state index contributed by atoms with van der Waals surface area (Å²) in [7, 11) is 0. The number of piperidine rings is 1. The molecule has 0 spiro atoms. The van der Waals surface area contributed by atoms with Gasteiger partial charge in [-0.1, -0.05) is 12.8 Å². The zero-order valence-electron chi connectivity index (χ0n) is 15.5. The molecule has 4 rings (SSSR count). The zero-order valence-corrected chi connectivity index (χ0v) is 15.5. The molecule has 1 aliphatic carbocycles. The molecule has 1 saturated heterocycles. The topological polar surface area (TPSA) is 83.9 Å². The van der Waals surface area contributed by atoms with Crippen molar-refractivity contribution in [3.8, 4) is 0 Å². The van der Waals surface area contributed by atoms with Crippen LogP contribution in [0.5, 0.6) is 0 Å². The first kappa shape index (κ1) is 17.8. The van der Waals surface area contributed by atoms with Crippen LogP contribution >= 0.6 is 0 Å². The van der Waals surface area contributed by atoms with Crippen LogP contribution in [-0.4, -0.2) is 43.8 Å². The molecule has 2 fully saturated rings. The van der Waals surface area contributed by atoms with E-state index in [9.17, 15) is 4.79 Å². The number of nitrogens with zero attached hydrogens (tertiary/aromatic N) is 5. The molecule has 1 atom stereocenters. The van der Waals surface area contributed by atoms with Gasteiger partial charge in [-0.2, -0.15) is 0 Å². The van der Waals surface area contributed by atoms with Crippen LogP contribution in [0.1, 0.15) is 56.6 Å². The second-order valence-corrected chi connectivity index (χ2v) is 7.54. The summed E-state index contributed by atoms with van der Waals surface area (Å²) in [6.07, 6.45) is 12.9. The van der Waals surface area contributed by atoms with E-state index < -0.39 is 0 Å². The molecular formula is C20H26N6O. The van der Waals surface area contributed by atoms with Gasteiger partial charge in [0.15, 0.2) is 0 Å². The second-order valence-electron chi connectivity index (χ2n) is 7.54. The van der Waals surface area contributed by atoms with Crippen molar-refractivity contribution in [2.75, 3.05) is 18.4 Å². The fourth-order valence-electron chi connectivity index (χ4n) is 4.16. The number of rotatable bonds is 5. The van der Waals surface area contributed by atoms with Gasteiger partial charge in [-0.25, -0.2) is 19.9 Å². The first-order valence-corrected chi connectivity index (χ1v) is 9.92. The fourth-order valence-corrected chi connectivity index (χ4v) is 4.16. The summed E-state index contributed by atoms with van der Waals surface area (Å²) >= 11 is 0. The molecule has 142 valence electrons. The lowest BCUT2D eigenvalue weighted by atomic mass is 9.93. The average Bonchev–Trinajstić information content (AvgIpc) is 3.22. The number of amides is 1. The normalized spacial score (nSPS) is 20.6. The molecule has 7 heteroatoms. The summed E-state index contributed by atoms with van der Waals surface area (Å²) in [5.74, 6) is 2.14. The number of anilines is 2. The number of aromatic nitrogens is 4. The SMILES string of the molecule is O=C(CC1CCCC1)N1CCC[C@@H](c2ccnc(Nc3ncccn3)n2)C1. The molecule has 0 unspecified atom stereocenters. The van der Waals surface area contributed by atoms with Gasteiger partial charge in [-0.15, -0.1) is 0 Å².